The third kappa shape index (κ3) is 0.977. The summed E-state index contributed by atoms with van der Waals surface area (Å²) in [6, 6.07) is 0. The summed E-state index contributed by atoms with van der Waals surface area (Å²) < 4.78 is 4.51. The fourth-order valence-corrected chi connectivity index (χ4v) is 0.780. The van der Waals surface area contributed by atoms with E-state index < -0.39 is 12.3 Å². The van der Waals surface area contributed by atoms with Gasteiger partial charge in [-0.25, -0.2) is 4.79 Å². The van der Waals surface area contributed by atoms with Crippen LogP contribution in [0.3, 0.4) is 0 Å². The number of carbonyl (C=O) groups excluding carboxylic acids is 1. The van der Waals surface area contributed by atoms with E-state index in [1.54, 1.807) is 6.92 Å². The lowest BCUT2D eigenvalue weighted by molar-refractivity contribution is 0.0626. The lowest BCUT2D eigenvalue weighted by Crippen LogP contribution is -2.32. The molecule has 1 unspecified atom stereocenters. The summed E-state index contributed by atoms with van der Waals surface area (Å²) in [7, 11) is 0. The van der Waals surface area contributed by atoms with Crippen molar-refractivity contribution in [2.45, 2.75) is 13.2 Å². The van der Waals surface area contributed by atoms with Gasteiger partial charge in [0.1, 0.15) is 6.61 Å². The van der Waals surface area contributed by atoms with E-state index in [0.717, 1.165) is 0 Å². The Kier molecular flexibility index (Phi) is 1.57. The SMILES string of the molecule is CCN1C(=O)OCC1O. The molecular weight excluding hydrogens is 122 g/mol. The van der Waals surface area contributed by atoms with Crippen molar-refractivity contribution in [3.8, 4) is 0 Å². The summed E-state index contributed by atoms with van der Waals surface area (Å²) in [4.78, 5) is 11.8. The molecule has 1 aliphatic heterocycles. The molecule has 0 aromatic rings. The first-order valence-corrected chi connectivity index (χ1v) is 2.87. The van der Waals surface area contributed by atoms with Crippen LogP contribution in [0.5, 0.6) is 0 Å². The first kappa shape index (κ1) is 6.35. The highest BCUT2D eigenvalue weighted by Crippen LogP contribution is 2.07. The molecule has 9 heavy (non-hydrogen) atoms. The van der Waals surface area contributed by atoms with Gasteiger partial charge < -0.3 is 9.84 Å². The van der Waals surface area contributed by atoms with E-state index in [-0.39, 0.29) is 6.61 Å². The Hall–Kier alpha value is -0.770. The van der Waals surface area contributed by atoms with Crippen LogP contribution < -0.4 is 0 Å². The molecule has 0 aromatic carbocycles. The number of hydrogen-bond donors (Lipinski definition) is 1. The highest BCUT2D eigenvalue weighted by atomic mass is 16.6. The summed E-state index contributed by atoms with van der Waals surface area (Å²) in [6.07, 6.45) is -1.16. The van der Waals surface area contributed by atoms with Gasteiger partial charge in [0.05, 0.1) is 0 Å². The Morgan fingerprint density at radius 1 is 2.00 bits per heavy atom. The molecule has 0 bridgehead atoms. The van der Waals surface area contributed by atoms with Gasteiger partial charge >= 0.3 is 6.09 Å². The standard InChI is InChI=1S/C5H9NO3/c1-2-6-4(7)3-9-5(6)8/h4,7H,2-3H2,1H3. The van der Waals surface area contributed by atoms with E-state index >= 15 is 0 Å². The Morgan fingerprint density at radius 2 is 2.67 bits per heavy atom. The number of amides is 1. The quantitative estimate of drug-likeness (QED) is 0.535. The van der Waals surface area contributed by atoms with Crippen LogP contribution in [0.15, 0.2) is 0 Å². The Bertz CT molecular complexity index is 125. The molecule has 1 N–H and O–H groups in total. The minimum absolute atomic E-state index is 0.104. The molecule has 0 saturated carbocycles. The number of ether oxygens (including phenoxy) is 1. The van der Waals surface area contributed by atoms with Crippen molar-refractivity contribution in [1.82, 2.24) is 4.90 Å². The predicted octanol–water partition coefficient (Wildman–Crippen LogP) is -0.223. The first-order valence-electron chi connectivity index (χ1n) is 2.87. The third-order valence-corrected chi connectivity index (χ3v) is 1.29. The van der Waals surface area contributed by atoms with Gasteiger partial charge in [-0.3, -0.25) is 4.90 Å². The first-order chi connectivity index (χ1) is 4.25. The Balaban J connectivity index is 2.55. The maximum Gasteiger partial charge on any atom is 0.412 e. The van der Waals surface area contributed by atoms with Crippen molar-refractivity contribution >= 4 is 6.09 Å². The second-order valence-corrected chi connectivity index (χ2v) is 1.84. The van der Waals surface area contributed by atoms with Crippen LogP contribution in [-0.2, 0) is 4.74 Å². The molecule has 0 aromatic heterocycles. The van der Waals surface area contributed by atoms with E-state index in [4.69, 9.17) is 5.11 Å². The van der Waals surface area contributed by atoms with Crippen molar-refractivity contribution in [2.75, 3.05) is 13.2 Å². The Morgan fingerprint density at radius 3 is 2.89 bits per heavy atom. The molecule has 1 saturated heterocycles. The second kappa shape index (κ2) is 2.23. The van der Waals surface area contributed by atoms with E-state index in [1.165, 1.54) is 4.90 Å². The molecule has 1 heterocycles. The van der Waals surface area contributed by atoms with Gasteiger partial charge in [0.25, 0.3) is 0 Å². The lowest BCUT2D eigenvalue weighted by Gasteiger charge is -2.12. The number of nitrogens with zero attached hydrogens (tertiary/aromatic N) is 1. The minimum atomic E-state index is -0.734. The van der Waals surface area contributed by atoms with Gasteiger partial charge in [0, 0.05) is 6.54 Å². The predicted molar refractivity (Wildman–Crippen MR) is 29.7 cm³/mol. The fraction of sp³-hybridized carbons (Fsp3) is 0.800. The topological polar surface area (TPSA) is 49.8 Å². The van der Waals surface area contributed by atoms with Crippen molar-refractivity contribution in [3.63, 3.8) is 0 Å². The van der Waals surface area contributed by atoms with E-state index in [9.17, 15) is 4.79 Å². The second-order valence-electron chi connectivity index (χ2n) is 1.84. The monoisotopic (exact) mass is 131 g/mol. The van der Waals surface area contributed by atoms with Crippen molar-refractivity contribution in [3.05, 3.63) is 0 Å². The normalized spacial score (nSPS) is 26.7. The van der Waals surface area contributed by atoms with Gasteiger partial charge in [-0.1, -0.05) is 0 Å². The van der Waals surface area contributed by atoms with Crippen molar-refractivity contribution in [2.24, 2.45) is 0 Å². The van der Waals surface area contributed by atoms with Crippen LogP contribution >= 0.6 is 0 Å². The largest absolute Gasteiger partial charge is 0.445 e. The maximum atomic E-state index is 10.6. The summed E-state index contributed by atoms with van der Waals surface area (Å²) in [5, 5.41) is 8.94. The molecule has 0 aliphatic carbocycles. The molecule has 1 aliphatic rings. The fourth-order valence-electron chi connectivity index (χ4n) is 0.780. The van der Waals surface area contributed by atoms with Gasteiger partial charge in [-0.2, -0.15) is 0 Å². The molecule has 0 radical (unpaired) electrons. The average molecular weight is 131 g/mol. The summed E-state index contributed by atoms with van der Waals surface area (Å²) in [5.74, 6) is 0. The van der Waals surface area contributed by atoms with E-state index in [2.05, 4.69) is 4.74 Å². The van der Waals surface area contributed by atoms with Crippen LogP contribution in [0, 0.1) is 0 Å². The molecule has 4 nitrogen and oxygen atoms in total. The van der Waals surface area contributed by atoms with Gasteiger partial charge in [-0.15, -0.1) is 0 Å². The molecular formula is C5H9NO3. The third-order valence-electron chi connectivity index (χ3n) is 1.29. The molecule has 1 atom stereocenters. The van der Waals surface area contributed by atoms with Gasteiger partial charge in [-0.05, 0) is 6.92 Å². The van der Waals surface area contributed by atoms with Crippen LogP contribution in [0.4, 0.5) is 4.79 Å². The summed E-state index contributed by atoms with van der Waals surface area (Å²) in [5.41, 5.74) is 0. The zero-order valence-electron chi connectivity index (χ0n) is 5.20. The van der Waals surface area contributed by atoms with Crippen molar-refractivity contribution in [1.29, 1.82) is 0 Å². The number of aliphatic hydroxyl groups excluding tert-OH is 1. The minimum Gasteiger partial charge on any atom is -0.445 e. The molecule has 1 fully saturated rings. The number of rotatable bonds is 1. The van der Waals surface area contributed by atoms with E-state index in [1.807, 2.05) is 0 Å². The highest BCUT2D eigenvalue weighted by Gasteiger charge is 2.29. The lowest BCUT2D eigenvalue weighted by atomic mass is 10.5. The Labute approximate surface area is 53.0 Å². The van der Waals surface area contributed by atoms with Crippen molar-refractivity contribution < 1.29 is 14.6 Å². The molecule has 1 rings (SSSR count). The van der Waals surface area contributed by atoms with E-state index in [0.29, 0.717) is 6.54 Å². The number of likely N-dealkylation sites (N-methyl/N-ethyl adjacent to an activating group) is 1. The zero-order valence-corrected chi connectivity index (χ0v) is 5.20. The van der Waals surface area contributed by atoms with Gasteiger partial charge in [0.2, 0.25) is 0 Å². The molecule has 1 amide bonds. The number of cyclic esters (lactones) is 1. The molecule has 0 spiro atoms. The van der Waals surface area contributed by atoms with Crippen LogP contribution in [0.25, 0.3) is 0 Å². The number of carbonyl (C=O) groups is 1. The molecule has 4 heteroatoms. The highest BCUT2D eigenvalue weighted by molar-refractivity contribution is 5.69. The zero-order chi connectivity index (χ0) is 6.85. The van der Waals surface area contributed by atoms with Crippen LogP contribution in [-0.4, -0.2) is 35.5 Å². The summed E-state index contributed by atoms with van der Waals surface area (Å²) in [6.45, 7) is 2.39. The summed E-state index contributed by atoms with van der Waals surface area (Å²) >= 11 is 0. The maximum absolute atomic E-state index is 10.6. The number of hydrogen-bond acceptors (Lipinski definition) is 3. The average Bonchev–Trinajstić information content (AvgIpc) is 2.12. The molecule has 52 valence electrons. The number of aliphatic hydroxyl groups is 1. The van der Waals surface area contributed by atoms with Crippen LogP contribution in [0.2, 0.25) is 0 Å². The smallest absolute Gasteiger partial charge is 0.412 e. The van der Waals surface area contributed by atoms with Crippen LogP contribution in [0.1, 0.15) is 6.92 Å². The van der Waals surface area contributed by atoms with Gasteiger partial charge in [0.15, 0.2) is 6.23 Å².